The predicted octanol–water partition coefficient (Wildman–Crippen LogP) is 2.80. The lowest BCUT2D eigenvalue weighted by Gasteiger charge is -2.54. The van der Waals surface area contributed by atoms with Gasteiger partial charge in [0.25, 0.3) is 0 Å². The number of carbonyl (C=O) groups is 2. The molecule has 2 bridgehead atoms. The van der Waals surface area contributed by atoms with Crippen molar-refractivity contribution in [3.05, 3.63) is 35.9 Å². The van der Waals surface area contributed by atoms with E-state index in [-0.39, 0.29) is 42.2 Å². The maximum Gasteiger partial charge on any atom is 0.245 e. The number of halogens is 1. The number of piperidine rings is 4. The fourth-order valence-electron chi connectivity index (χ4n) is 6.18. The minimum Gasteiger partial charge on any atom is -0.341 e. The van der Waals surface area contributed by atoms with Gasteiger partial charge in [-0.3, -0.25) is 9.59 Å². The summed E-state index contributed by atoms with van der Waals surface area (Å²) in [6, 6.07) is 10.7. The van der Waals surface area contributed by atoms with E-state index in [4.69, 9.17) is 0 Å². The van der Waals surface area contributed by atoms with E-state index in [1.54, 1.807) is 0 Å². The topological polar surface area (TPSA) is 52.7 Å². The zero-order chi connectivity index (χ0) is 19.1. The van der Waals surface area contributed by atoms with Gasteiger partial charge in [0.15, 0.2) is 0 Å². The molecule has 0 radical (unpaired) electrons. The first-order valence-electron chi connectivity index (χ1n) is 11.1. The van der Waals surface area contributed by atoms with Crippen molar-refractivity contribution in [2.24, 2.45) is 11.8 Å². The second-order valence-electron chi connectivity index (χ2n) is 9.13. The molecule has 29 heavy (non-hydrogen) atoms. The lowest BCUT2D eigenvalue weighted by atomic mass is 9.72. The van der Waals surface area contributed by atoms with Crippen LogP contribution in [0, 0.1) is 11.8 Å². The van der Waals surface area contributed by atoms with Crippen molar-refractivity contribution in [1.29, 1.82) is 0 Å². The van der Waals surface area contributed by atoms with Gasteiger partial charge in [0.2, 0.25) is 11.8 Å². The quantitative estimate of drug-likeness (QED) is 0.805. The Morgan fingerprint density at radius 1 is 1.00 bits per heavy atom. The average molecular weight is 418 g/mol. The van der Waals surface area contributed by atoms with Crippen LogP contribution in [-0.4, -0.2) is 59.9 Å². The van der Waals surface area contributed by atoms with Gasteiger partial charge < -0.3 is 15.1 Å². The molecule has 4 heterocycles. The second kappa shape index (κ2) is 8.65. The van der Waals surface area contributed by atoms with Crippen LogP contribution >= 0.6 is 12.4 Å². The highest BCUT2D eigenvalue weighted by molar-refractivity contribution is 5.89. The second-order valence-corrected chi connectivity index (χ2v) is 9.13. The maximum atomic E-state index is 13.6. The number of hydrogen-bond acceptors (Lipinski definition) is 3. The number of likely N-dealkylation sites (tertiary alicyclic amines) is 1. The van der Waals surface area contributed by atoms with Gasteiger partial charge in [-0.15, -0.1) is 12.4 Å². The molecule has 6 heteroatoms. The van der Waals surface area contributed by atoms with E-state index in [0.717, 1.165) is 58.3 Å². The molecule has 0 spiro atoms. The fraction of sp³-hybridized carbons (Fsp3) is 0.652. The Morgan fingerprint density at radius 3 is 2.48 bits per heavy atom. The van der Waals surface area contributed by atoms with E-state index in [9.17, 15) is 9.59 Å². The molecular weight excluding hydrogens is 386 g/mol. The highest BCUT2D eigenvalue weighted by Crippen LogP contribution is 2.40. The molecule has 2 amide bonds. The summed E-state index contributed by atoms with van der Waals surface area (Å²) in [5.74, 6) is 1.76. The smallest absolute Gasteiger partial charge is 0.245 e. The third kappa shape index (κ3) is 3.79. The number of fused-ring (bicyclic) bond motifs is 4. The van der Waals surface area contributed by atoms with E-state index in [1.807, 2.05) is 4.90 Å². The van der Waals surface area contributed by atoms with Gasteiger partial charge in [-0.2, -0.15) is 0 Å². The normalized spacial score (nSPS) is 32.3. The summed E-state index contributed by atoms with van der Waals surface area (Å²) >= 11 is 0. The predicted molar refractivity (Wildman–Crippen MR) is 115 cm³/mol. The molecule has 5 nitrogen and oxygen atoms in total. The summed E-state index contributed by atoms with van der Waals surface area (Å²) in [5.41, 5.74) is 1.39. The van der Waals surface area contributed by atoms with Gasteiger partial charge >= 0.3 is 0 Å². The lowest BCUT2D eigenvalue weighted by Crippen LogP contribution is -2.68. The summed E-state index contributed by atoms with van der Waals surface area (Å²) in [5, 5.41) is 3.54. The van der Waals surface area contributed by atoms with Crippen LogP contribution in [0.3, 0.4) is 0 Å². The van der Waals surface area contributed by atoms with Gasteiger partial charge in [0, 0.05) is 38.0 Å². The van der Waals surface area contributed by atoms with Crippen LogP contribution in [-0.2, 0) is 9.59 Å². The third-order valence-electron chi connectivity index (χ3n) is 7.58. The van der Waals surface area contributed by atoms with Crippen molar-refractivity contribution in [3.63, 3.8) is 0 Å². The van der Waals surface area contributed by atoms with Crippen LogP contribution in [0.5, 0.6) is 0 Å². The number of hydrogen-bond donors (Lipinski definition) is 1. The summed E-state index contributed by atoms with van der Waals surface area (Å²) < 4.78 is 0. The van der Waals surface area contributed by atoms with E-state index in [2.05, 4.69) is 40.5 Å². The molecule has 4 aliphatic rings. The fourth-order valence-corrected chi connectivity index (χ4v) is 6.18. The molecule has 5 rings (SSSR count). The summed E-state index contributed by atoms with van der Waals surface area (Å²) in [4.78, 5) is 30.5. The molecule has 1 aromatic carbocycles. The number of amides is 2. The Morgan fingerprint density at radius 2 is 1.72 bits per heavy atom. The molecule has 158 valence electrons. The van der Waals surface area contributed by atoms with Crippen LogP contribution in [0.4, 0.5) is 0 Å². The van der Waals surface area contributed by atoms with Crippen molar-refractivity contribution in [1.82, 2.24) is 15.1 Å². The van der Waals surface area contributed by atoms with Gasteiger partial charge in [0.05, 0.1) is 0 Å². The zero-order valence-electron chi connectivity index (χ0n) is 17.0. The molecular formula is C23H32ClN3O2. The minimum atomic E-state index is -0.241. The molecule has 4 saturated heterocycles. The maximum absolute atomic E-state index is 13.6. The van der Waals surface area contributed by atoms with Crippen molar-refractivity contribution >= 4 is 24.2 Å². The Balaban J connectivity index is 0.00000205. The van der Waals surface area contributed by atoms with Crippen molar-refractivity contribution in [2.45, 2.75) is 56.5 Å². The summed E-state index contributed by atoms with van der Waals surface area (Å²) in [6.07, 6.45) is 5.79. The van der Waals surface area contributed by atoms with Crippen LogP contribution < -0.4 is 5.32 Å². The molecule has 4 fully saturated rings. The first kappa shape index (κ1) is 20.7. The minimum absolute atomic E-state index is 0. The van der Waals surface area contributed by atoms with Gasteiger partial charge in [0.1, 0.15) is 6.04 Å². The molecule has 1 aromatic rings. The van der Waals surface area contributed by atoms with E-state index in [0.29, 0.717) is 18.3 Å². The largest absolute Gasteiger partial charge is 0.341 e. The van der Waals surface area contributed by atoms with E-state index >= 15 is 0 Å². The summed E-state index contributed by atoms with van der Waals surface area (Å²) in [7, 11) is 0. The molecule has 0 unspecified atom stereocenters. The van der Waals surface area contributed by atoms with Crippen molar-refractivity contribution in [2.75, 3.05) is 26.2 Å². The van der Waals surface area contributed by atoms with E-state index in [1.165, 1.54) is 5.56 Å². The van der Waals surface area contributed by atoms with Crippen LogP contribution in [0.15, 0.2) is 30.3 Å². The Kier molecular flexibility index (Phi) is 6.16. The standard InChI is InChI=1S/C23H31N3O2.ClH/c27-21-8-4-7-20-18-13-19(15-24-14-18)22(26(20)21)23(28)25-11-9-17(10-12-25)16-5-2-1-3-6-16;/h1-3,5-6,17-20,22,24H,4,7-15H2;1H/t18-,19+,20+,22-;/m1./s1. The first-order chi connectivity index (χ1) is 13.7. The van der Waals surface area contributed by atoms with Gasteiger partial charge in [-0.1, -0.05) is 30.3 Å². The molecule has 0 aromatic heterocycles. The number of nitrogens with zero attached hydrogens (tertiary/aromatic N) is 2. The SMILES string of the molecule is Cl.O=C([C@H]1[C@@H]2CNC[C@@H](C2)[C@@H]2CCCC(=O)N21)N1CCC(c2ccccc2)CC1. The monoisotopic (exact) mass is 417 g/mol. The highest BCUT2D eigenvalue weighted by Gasteiger charge is 2.51. The Bertz CT molecular complexity index is 735. The van der Waals surface area contributed by atoms with Crippen LogP contribution in [0.1, 0.15) is 50.0 Å². The van der Waals surface area contributed by atoms with Gasteiger partial charge in [-0.25, -0.2) is 0 Å². The first-order valence-corrected chi connectivity index (χ1v) is 11.1. The zero-order valence-corrected chi connectivity index (χ0v) is 17.8. The number of nitrogens with one attached hydrogen (secondary N) is 1. The van der Waals surface area contributed by atoms with Gasteiger partial charge in [-0.05, 0) is 56.0 Å². The Hall–Kier alpha value is -1.59. The lowest BCUT2D eigenvalue weighted by molar-refractivity contribution is -0.162. The van der Waals surface area contributed by atoms with Crippen LogP contribution in [0.25, 0.3) is 0 Å². The van der Waals surface area contributed by atoms with Crippen molar-refractivity contribution in [3.8, 4) is 0 Å². The molecule has 4 aliphatic heterocycles. The van der Waals surface area contributed by atoms with Crippen molar-refractivity contribution < 1.29 is 9.59 Å². The number of carbonyl (C=O) groups excluding carboxylic acids is 2. The Labute approximate surface area is 179 Å². The molecule has 0 aliphatic carbocycles. The number of benzene rings is 1. The summed E-state index contributed by atoms with van der Waals surface area (Å²) in [6.45, 7) is 3.48. The average Bonchev–Trinajstić information content (AvgIpc) is 2.75. The highest BCUT2D eigenvalue weighted by atomic mass is 35.5. The van der Waals surface area contributed by atoms with E-state index < -0.39 is 0 Å². The third-order valence-corrected chi connectivity index (χ3v) is 7.58. The number of rotatable bonds is 2. The molecule has 1 N–H and O–H groups in total. The molecule has 0 saturated carbocycles. The molecule has 4 atom stereocenters. The van der Waals surface area contributed by atoms with Crippen LogP contribution in [0.2, 0.25) is 0 Å².